The number of hydrogen-bond acceptors (Lipinski definition) is 2. The van der Waals surface area contributed by atoms with Crippen LogP contribution in [0.5, 0.6) is 0 Å². The Balaban J connectivity index is 2.53. The first-order chi connectivity index (χ1) is 5.86. The molecule has 0 aromatic carbocycles. The lowest BCUT2D eigenvalue weighted by Gasteiger charge is -1.91. The van der Waals surface area contributed by atoms with Gasteiger partial charge in [-0.2, -0.15) is 0 Å². The summed E-state index contributed by atoms with van der Waals surface area (Å²) in [6.45, 7) is 1.96. The maximum Gasteiger partial charge on any atom is 0.145 e. The molecule has 0 bridgehead atoms. The van der Waals surface area contributed by atoms with Crippen LogP contribution < -0.4 is 0 Å². The van der Waals surface area contributed by atoms with Gasteiger partial charge in [-0.25, -0.2) is 0 Å². The van der Waals surface area contributed by atoms with E-state index < -0.39 is 0 Å². The number of allylic oxidation sites excluding steroid dienone is 2. The van der Waals surface area contributed by atoms with E-state index in [1.807, 2.05) is 25.1 Å². The highest BCUT2D eigenvalue weighted by molar-refractivity contribution is 5.72. The second-order valence-corrected chi connectivity index (χ2v) is 2.53. The van der Waals surface area contributed by atoms with Crippen LogP contribution in [0.15, 0.2) is 34.5 Å². The topological polar surface area (TPSA) is 30.2 Å². The van der Waals surface area contributed by atoms with Crippen molar-refractivity contribution in [2.75, 3.05) is 0 Å². The van der Waals surface area contributed by atoms with Gasteiger partial charge in [0.1, 0.15) is 12.0 Å². The third kappa shape index (κ3) is 2.38. The molecule has 2 nitrogen and oxygen atoms in total. The van der Waals surface area contributed by atoms with Crippen molar-refractivity contribution in [3.63, 3.8) is 0 Å². The van der Waals surface area contributed by atoms with Crippen LogP contribution in [-0.2, 0) is 11.2 Å². The van der Waals surface area contributed by atoms with Gasteiger partial charge in [0.25, 0.3) is 0 Å². The van der Waals surface area contributed by atoms with Crippen molar-refractivity contribution in [1.82, 2.24) is 0 Å². The lowest BCUT2D eigenvalue weighted by Crippen LogP contribution is -1.84. The zero-order chi connectivity index (χ0) is 8.81. The van der Waals surface area contributed by atoms with E-state index in [1.54, 1.807) is 6.26 Å². The highest BCUT2D eigenvalue weighted by Crippen LogP contribution is 2.04. The molecule has 1 heterocycles. The van der Waals surface area contributed by atoms with Crippen molar-refractivity contribution < 1.29 is 9.21 Å². The van der Waals surface area contributed by atoms with Crippen LogP contribution in [0.1, 0.15) is 19.1 Å². The van der Waals surface area contributed by atoms with Gasteiger partial charge in [-0.1, -0.05) is 13.0 Å². The van der Waals surface area contributed by atoms with Gasteiger partial charge in [-0.3, -0.25) is 4.79 Å². The monoisotopic (exact) mass is 164 g/mol. The van der Waals surface area contributed by atoms with E-state index in [0.29, 0.717) is 6.42 Å². The molecule has 12 heavy (non-hydrogen) atoms. The first-order valence-electron chi connectivity index (χ1n) is 4.03. The maximum absolute atomic E-state index is 10.4. The summed E-state index contributed by atoms with van der Waals surface area (Å²) in [4.78, 5) is 10.4. The van der Waals surface area contributed by atoms with Gasteiger partial charge in [0.2, 0.25) is 0 Å². The predicted octanol–water partition coefficient (Wildman–Crippen LogP) is 2.36. The lowest BCUT2D eigenvalue weighted by molar-refractivity contribution is -0.105. The smallest absolute Gasteiger partial charge is 0.145 e. The molecule has 64 valence electrons. The Hall–Kier alpha value is -1.31. The molecule has 0 aliphatic rings. The van der Waals surface area contributed by atoms with Crippen LogP contribution in [-0.4, -0.2) is 6.29 Å². The minimum absolute atomic E-state index is 0.703. The molecule has 0 aliphatic heterocycles. The highest BCUT2D eigenvalue weighted by Gasteiger charge is 1.93. The van der Waals surface area contributed by atoms with Crippen LogP contribution in [0.3, 0.4) is 0 Å². The van der Waals surface area contributed by atoms with Crippen molar-refractivity contribution in [2.24, 2.45) is 0 Å². The first kappa shape index (κ1) is 8.78. The lowest BCUT2D eigenvalue weighted by atomic mass is 10.2. The Labute approximate surface area is 71.9 Å². The van der Waals surface area contributed by atoms with Crippen LogP contribution in [0.2, 0.25) is 0 Å². The minimum atomic E-state index is 0.703. The molecular formula is C10H12O2. The van der Waals surface area contributed by atoms with E-state index >= 15 is 0 Å². The average molecular weight is 164 g/mol. The maximum atomic E-state index is 10.4. The number of rotatable bonds is 4. The average Bonchev–Trinajstić information content (AvgIpc) is 2.59. The number of furan rings is 1. The fourth-order valence-electron chi connectivity index (χ4n) is 0.936. The van der Waals surface area contributed by atoms with E-state index in [9.17, 15) is 4.79 Å². The van der Waals surface area contributed by atoms with Crippen molar-refractivity contribution in [1.29, 1.82) is 0 Å². The fourth-order valence-corrected chi connectivity index (χ4v) is 0.936. The Morgan fingerprint density at radius 1 is 1.67 bits per heavy atom. The first-order valence-corrected chi connectivity index (χ1v) is 4.03. The van der Waals surface area contributed by atoms with Gasteiger partial charge in [-0.05, 0) is 24.1 Å². The molecule has 0 unspecified atom stereocenters. The summed E-state index contributed by atoms with van der Waals surface area (Å²) >= 11 is 0. The molecule has 0 amide bonds. The van der Waals surface area contributed by atoms with Gasteiger partial charge in [0.05, 0.1) is 6.26 Å². The summed E-state index contributed by atoms with van der Waals surface area (Å²) < 4.78 is 5.11. The molecular weight excluding hydrogens is 152 g/mol. The third-order valence-electron chi connectivity index (χ3n) is 1.71. The molecule has 1 rings (SSSR count). The van der Waals surface area contributed by atoms with Crippen molar-refractivity contribution in [2.45, 2.75) is 19.8 Å². The van der Waals surface area contributed by atoms with E-state index in [2.05, 4.69) is 0 Å². The summed E-state index contributed by atoms with van der Waals surface area (Å²) in [7, 11) is 0. The Morgan fingerprint density at radius 3 is 3.00 bits per heavy atom. The highest BCUT2D eigenvalue weighted by atomic mass is 16.3. The summed E-state index contributed by atoms with van der Waals surface area (Å²) in [6.07, 6.45) is 5.91. The second kappa shape index (κ2) is 4.54. The molecule has 0 saturated heterocycles. The van der Waals surface area contributed by atoms with Crippen LogP contribution in [0.25, 0.3) is 0 Å². The largest absolute Gasteiger partial charge is 0.469 e. The number of carbonyl (C=O) groups excluding carboxylic acids is 1. The standard InChI is InChI=1S/C10H12O2/c1-2-9(8-11)5-6-10-4-3-7-12-10/h3-5,7-8H,2,6H2,1H3. The minimum Gasteiger partial charge on any atom is -0.469 e. The number of carbonyl (C=O) groups is 1. The molecule has 0 N–H and O–H groups in total. The quantitative estimate of drug-likeness (QED) is 0.505. The van der Waals surface area contributed by atoms with Crippen molar-refractivity contribution >= 4 is 6.29 Å². The van der Waals surface area contributed by atoms with Gasteiger partial charge >= 0.3 is 0 Å². The molecule has 0 radical (unpaired) electrons. The summed E-state index contributed by atoms with van der Waals surface area (Å²) in [5, 5.41) is 0. The SMILES string of the molecule is CCC(C=O)=CCc1ccco1. The zero-order valence-electron chi connectivity index (χ0n) is 7.12. The Morgan fingerprint density at radius 2 is 2.50 bits per heavy atom. The molecule has 0 spiro atoms. The van der Waals surface area contributed by atoms with E-state index in [4.69, 9.17) is 4.42 Å². The molecule has 0 saturated carbocycles. The number of hydrogen-bond donors (Lipinski definition) is 0. The van der Waals surface area contributed by atoms with Crippen LogP contribution in [0.4, 0.5) is 0 Å². The third-order valence-corrected chi connectivity index (χ3v) is 1.71. The number of aldehydes is 1. The molecule has 1 aromatic rings. The molecule has 0 atom stereocenters. The summed E-state index contributed by atoms with van der Waals surface area (Å²) in [6, 6.07) is 3.74. The van der Waals surface area contributed by atoms with Gasteiger partial charge in [-0.15, -0.1) is 0 Å². The van der Waals surface area contributed by atoms with Gasteiger partial charge in [0.15, 0.2) is 0 Å². The van der Waals surface area contributed by atoms with Crippen LogP contribution >= 0.6 is 0 Å². The fraction of sp³-hybridized carbons (Fsp3) is 0.300. The molecule has 2 heteroatoms. The summed E-state index contributed by atoms with van der Waals surface area (Å²) in [5.41, 5.74) is 0.825. The molecule has 0 aliphatic carbocycles. The van der Waals surface area contributed by atoms with E-state index in [1.165, 1.54) is 0 Å². The van der Waals surface area contributed by atoms with Crippen molar-refractivity contribution in [3.05, 3.63) is 35.8 Å². The Bertz CT molecular complexity index is 257. The van der Waals surface area contributed by atoms with Crippen LogP contribution in [0, 0.1) is 0 Å². The Kier molecular flexibility index (Phi) is 3.33. The van der Waals surface area contributed by atoms with Crippen molar-refractivity contribution in [3.8, 4) is 0 Å². The normalized spacial score (nSPS) is 11.6. The van der Waals surface area contributed by atoms with E-state index in [-0.39, 0.29) is 0 Å². The van der Waals surface area contributed by atoms with Gasteiger partial charge < -0.3 is 4.42 Å². The second-order valence-electron chi connectivity index (χ2n) is 2.53. The molecule has 0 fully saturated rings. The zero-order valence-corrected chi connectivity index (χ0v) is 7.12. The van der Waals surface area contributed by atoms with E-state index in [0.717, 1.165) is 24.0 Å². The predicted molar refractivity (Wildman–Crippen MR) is 46.9 cm³/mol. The summed E-state index contributed by atoms with van der Waals surface area (Å²) in [5.74, 6) is 0.891. The van der Waals surface area contributed by atoms with Gasteiger partial charge in [0, 0.05) is 6.42 Å². The molecule has 1 aromatic heterocycles.